The van der Waals surface area contributed by atoms with E-state index >= 15 is 0 Å². The van der Waals surface area contributed by atoms with Crippen molar-refractivity contribution in [2.24, 2.45) is 0 Å². The van der Waals surface area contributed by atoms with E-state index in [0.29, 0.717) is 18.0 Å². The van der Waals surface area contributed by atoms with Gasteiger partial charge in [-0.1, -0.05) is 12.1 Å². The smallest absolute Gasteiger partial charge is 0.243 e. The van der Waals surface area contributed by atoms with Gasteiger partial charge in [0.25, 0.3) is 0 Å². The number of hydrogen-bond acceptors (Lipinski definition) is 3. The fraction of sp³-hybridized carbons (Fsp3) is 0.538. The van der Waals surface area contributed by atoms with Crippen LogP contribution in [0, 0.1) is 13.8 Å². The van der Waals surface area contributed by atoms with Crippen molar-refractivity contribution in [3.63, 3.8) is 0 Å². The van der Waals surface area contributed by atoms with Crippen LogP contribution in [-0.2, 0) is 10.0 Å². The standard InChI is InChI=1S/C13H20N2O2S/c1-11-4-5-12(2)13(10-11)18(16,17)15-8-6-14(3)7-9-15/h4-5,10H,6-9H2,1-3H3. The maximum absolute atomic E-state index is 12.6. The highest BCUT2D eigenvalue weighted by atomic mass is 32.2. The maximum Gasteiger partial charge on any atom is 0.243 e. The molecule has 0 unspecified atom stereocenters. The van der Waals surface area contributed by atoms with Gasteiger partial charge in [0, 0.05) is 26.2 Å². The van der Waals surface area contributed by atoms with Crippen LogP contribution in [-0.4, -0.2) is 50.8 Å². The number of benzene rings is 1. The van der Waals surface area contributed by atoms with Gasteiger partial charge in [-0.25, -0.2) is 8.42 Å². The van der Waals surface area contributed by atoms with Crippen molar-refractivity contribution < 1.29 is 8.42 Å². The first kappa shape index (κ1) is 13.5. The third kappa shape index (κ3) is 2.58. The van der Waals surface area contributed by atoms with Crippen LogP contribution < -0.4 is 0 Å². The molecule has 100 valence electrons. The topological polar surface area (TPSA) is 40.6 Å². The van der Waals surface area contributed by atoms with Crippen LogP contribution in [0.5, 0.6) is 0 Å². The van der Waals surface area contributed by atoms with E-state index in [-0.39, 0.29) is 0 Å². The SMILES string of the molecule is Cc1ccc(C)c(S(=O)(=O)N2CCN(C)CC2)c1. The van der Waals surface area contributed by atoms with E-state index in [4.69, 9.17) is 0 Å². The van der Waals surface area contributed by atoms with E-state index in [1.807, 2.05) is 33.0 Å². The Balaban J connectivity index is 2.33. The van der Waals surface area contributed by atoms with E-state index in [2.05, 4.69) is 4.90 Å². The molecule has 1 aromatic rings. The van der Waals surface area contributed by atoms with Crippen molar-refractivity contribution in [1.29, 1.82) is 0 Å². The van der Waals surface area contributed by atoms with Gasteiger partial charge >= 0.3 is 0 Å². The molecule has 0 aliphatic carbocycles. The molecule has 18 heavy (non-hydrogen) atoms. The van der Waals surface area contributed by atoms with E-state index in [0.717, 1.165) is 24.2 Å². The van der Waals surface area contributed by atoms with Gasteiger partial charge in [-0.2, -0.15) is 4.31 Å². The summed E-state index contributed by atoms with van der Waals surface area (Å²) in [5.41, 5.74) is 1.80. The molecule has 1 aromatic carbocycles. The van der Waals surface area contributed by atoms with E-state index < -0.39 is 10.0 Å². The molecule has 1 heterocycles. The fourth-order valence-corrected chi connectivity index (χ4v) is 3.88. The predicted octanol–water partition coefficient (Wildman–Crippen LogP) is 1.24. The van der Waals surface area contributed by atoms with E-state index in [1.165, 1.54) is 0 Å². The summed E-state index contributed by atoms with van der Waals surface area (Å²) in [4.78, 5) is 2.60. The van der Waals surface area contributed by atoms with Crippen LogP contribution in [0.2, 0.25) is 0 Å². The summed E-state index contributed by atoms with van der Waals surface area (Å²) in [6.07, 6.45) is 0. The lowest BCUT2D eigenvalue weighted by Gasteiger charge is -2.31. The highest BCUT2D eigenvalue weighted by Crippen LogP contribution is 2.22. The maximum atomic E-state index is 12.6. The minimum atomic E-state index is -3.33. The molecular formula is C13H20N2O2S. The first-order valence-electron chi connectivity index (χ1n) is 6.17. The molecule has 0 amide bonds. The molecule has 0 aromatic heterocycles. The summed E-state index contributed by atoms with van der Waals surface area (Å²) in [5.74, 6) is 0. The van der Waals surface area contributed by atoms with Gasteiger partial charge in [0.1, 0.15) is 0 Å². The highest BCUT2D eigenvalue weighted by molar-refractivity contribution is 7.89. The van der Waals surface area contributed by atoms with Gasteiger partial charge in [0.15, 0.2) is 0 Å². The average molecular weight is 268 g/mol. The van der Waals surface area contributed by atoms with Crippen LogP contribution in [0.25, 0.3) is 0 Å². The number of hydrogen-bond donors (Lipinski definition) is 0. The summed E-state index contributed by atoms with van der Waals surface area (Å²) in [5, 5.41) is 0. The van der Waals surface area contributed by atoms with Crippen molar-refractivity contribution in [3.05, 3.63) is 29.3 Å². The molecule has 0 N–H and O–H groups in total. The molecule has 0 spiro atoms. The summed E-state index contributed by atoms with van der Waals surface area (Å²) in [7, 11) is -1.32. The largest absolute Gasteiger partial charge is 0.304 e. The predicted molar refractivity (Wildman–Crippen MR) is 72.2 cm³/mol. The molecule has 1 aliphatic rings. The number of sulfonamides is 1. The normalized spacial score (nSPS) is 19.1. The quantitative estimate of drug-likeness (QED) is 0.810. The second kappa shape index (κ2) is 4.99. The van der Waals surface area contributed by atoms with E-state index in [1.54, 1.807) is 10.4 Å². The third-order valence-electron chi connectivity index (χ3n) is 3.42. The van der Waals surface area contributed by atoms with Crippen LogP contribution in [0.3, 0.4) is 0 Å². The van der Waals surface area contributed by atoms with Crippen molar-refractivity contribution in [2.75, 3.05) is 33.2 Å². The Morgan fingerprint density at radius 2 is 1.67 bits per heavy atom. The molecular weight excluding hydrogens is 248 g/mol. The van der Waals surface area contributed by atoms with Crippen molar-refractivity contribution in [1.82, 2.24) is 9.21 Å². The van der Waals surface area contributed by atoms with Crippen molar-refractivity contribution in [3.8, 4) is 0 Å². The molecule has 2 rings (SSSR count). The first-order chi connectivity index (χ1) is 8.41. The van der Waals surface area contributed by atoms with Crippen molar-refractivity contribution >= 4 is 10.0 Å². The molecule has 0 atom stereocenters. The molecule has 1 fully saturated rings. The Kier molecular flexibility index (Phi) is 3.75. The number of rotatable bonds is 2. The lowest BCUT2D eigenvalue weighted by molar-refractivity contribution is 0.222. The Hall–Kier alpha value is -0.910. The van der Waals surface area contributed by atoms with Gasteiger partial charge in [-0.3, -0.25) is 0 Å². The molecule has 0 saturated carbocycles. The van der Waals surface area contributed by atoms with Crippen LogP contribution in [0.4, 0.5) is 0 Å². The van der Waals surface area contributed by atoms with Crippen LogP contribution >= 0.6 is 0 Å². The lowest BCUT2D eigenvalue weighted by Crippen LogP contribution is -2.47. The first-order valence-corrected chi connectivity index (χ1v) is 7.61. The monoisotopic (exact) mass is 268 g/mol. The average Bonchev–Trinajstić information content (AvgIpc) is 2.32. The molecule has 4 nitrogen and oxygen atoms in total. The minimum absolute atomic E-state index is 0.451. The lowest BCUT2D eigenvalue weighted by atomic mass is 10.2. The summed E-state index contributed by atoms with van der Waals surface area (Å²) >= 11 is 0. The van der Waals surface area contributed by atoms with Gasteiger partial charge in [0.05, 0.1) is 4.90 Å². The zero-order valence-corrected chi connectivity index (χ0v) is 12.0. The fourth-order valence-electron chi connectivity index (χ4n) is 2.15. The number of piperazine rings is 1. The van der Waals surface area contributed by atoms with Gasteiger partial charge in [-0.05, 0) is 38.1 Å². The summed E-state index contributed by atoms with van der Waals surface area (Å²) < 4.78 is 26.7. The molecule has 1 aliphatic heterocycles. The Bertz CT molecular complexity index is 532. The number of likely N-dealkylation sites (N-methyl/N-ethyl adjacent to an activating group) is 1. The summed E-state index contributed by atoms with van der Waals surface area (Å²) in [6, 6.07) is 5.58. The van der Waals surface area contributed by atoms with Crippen LogP contribution in [0.1, 0.15) is 11.1 Å². The van der Waals surface area contributed by atoms with Gasteiger partial charge < -0.3 is 4.90 Å². The zero-order chi connectivity index (χ0) is 13.3. The molecule has 0 radical (unpaired) electrons. The molecule has 1 saturated heterocycles. The zero-order valence-electron chi connectivity index (χ0n) is 11.2. The molecule has 0 bridgehead atoms. The summed E-state index contributed by atoms with van der Waals surface area (Å²) in [6.45, 7) is 6.51. The van der Waals surface area contributed by atoms with Crippen LogP contribution in [0.15, 0.2) is 23.1 Å². The molecule has 5 heteroatoms. The number of nitrogens with zero attached hydrogens (tertiary/aromatic N) is 2. The number of aryl methyl sites for hydroxylation is 2. The van der Waals surface area contributed by atoms with Gasteiger partial charge in [-0.15, -0.1) is 0 Å². The van der Waals surface area contributed by atoms with Gasteiger partial charge in [0.2, 0.25) is 10.0 Å². The Morgan fingerprint density at radius 3 is 2.28 bits per heavy atom. The van der Waals surface area contributed by atoms with Crippen molar-refractivity contribution in [2.45, 2.75) is 18.7 Å². The highest BCUT2D eigenvalue weighted by Gasteiger charge is 2.28. The Morgan fingerprint density at radius 1 is 1.06 bits per heavy atom. The third-order valence-corrected chi connectivity index (χ3v) is 5.46. The second-order valence-electron chi connectivity index (χ2n) is 4.98. The minimum Gasteiger partial charge on any atom is -0.304 e. The van der Waals surface area contributed by atoms with E-state index in [9.17, 15) is 8.42 Å². The second-order valence-corrected chi connectivity index (χ2v) is 6.88. The Labute approximate surface area is 109 Å².